The number of hydrogen-bond acceptors (Lipinski definition) is 6. The van der Waals surface area contributed by atoms with Crippen molar-refractivity contribution in [1.29, 1.82) is 0 Å². The van der Waals surface area contributed by atoms with Gasteiger partial charge in [-0.15, -0.1) is 11.3 Å². The molecule has 0 unspecified atom stereocenters. The van der Waals surface area contributed by atoms with E-state index in [0.717, 1.165) is 0 Å². The van der Waals surface area contributed by atoms with Crippen LogP contribution in [-0.4, -0.2) is 40.7 Å². The molecule has 1 aromatic heterocycles. The molecule has 1 fully saturated rings. The van der Waals surface area contributed by atoms with Crippen molar-refractivity contribution in [3.05, 3.63) is 33.6 Å². The summed E-state index contributed by atoms with van der Waals surface area (Å²) in [6, 6.07) is 4.43. The van der Waals surface area contributed by atoms with Crippen LogP contribution in [0, 0.1) is 11.8 Å². The van der Waals surface area contributed by atoms with Crippen LogP contribution in [0.15, 0.2) is 18.2 Å². The fourth-order valence-electron chi connectivity index (χ4n) is 2.92. The van der Waals surface area contributed by atoms with Crippen molar-refractivity contribution in [3.8, 4) is 28.8 Å². The zero-order valence-corrected chi connectivity index (χ0v) is 15.0. The first-order chi connectivity index (χ1) is 13.2. The number of rotatable bonds is 1. The summed E-state index contributed by atoms with van der Waals surface area (Å²) in [6.45, 7) is -0.590. The van der Waals surface area contributed by atoms with Crippen molar-refractivity contribution < 1.29 is 28.2 Å². The summed E-state index contributed by atoms with van der Waals surface area (Å²) in [5, 5.41) is 12.5. The number of aromatic nitrogens is 1. The third-order valence-electron chi connectivity index (χ3n) is 4.38. The first kappa shape index (κ1) is 18.3. The molecule has 0 saturated carbocycles. The number of ether oxygens (including phenoxy) is 1. The highest BCUT2D eigenvalue weighted by molar-refractivity contribution is 7.14. The van der Waals surface area contributed by atoms with Gasteiger partial charge in [0.2, 0.25) is 5.60 Å². The van der Waals surface area contributed by atoms with Gasteiger partial charge in [0, 0.05) is 24.1 Å². The SMILES string of the molecule is NC(=O)c1nc2c(s1)C(F)(F)COc1ccc(C#C[C@]3(O)CCNC3=O)cc1-2. The maximum absolute atomic E-state index is 14.4. The molecule has 0 aliphatic carbocycles. The summed E-state index contributed by atoms with van der Waals surface area (Å²) in [4.78, 5) is 26.7. The van der Waals surface area contributed by atoms with Gasteiger partial charge in [0.15, 0.2) is 11.6 Å². The molecule has 0 radical (unpaired) electrons. The van der Waals surface area contributed by atoms with Crippen LogP contribution in [0.4, 0.5) is 8.78 Å². The molecule has 2 aromatic rings. The lowest BCUT2D eigenvalue weighted by Gasteiger charge is -2.12. The van der Waals surface area contributed by atoms with Gasteiger partial charge in [-0.25, -0.2) is 4.98 Å². The van der Waals surface area contributed by atoms with Crippen LogP contribution in [0.5, 0.6) is 5.75 Å². The number of hydrogen-bond donors (Lipinski definition) is 3. The minimum atomic E-state index is -3.34. The summed E-state index contributed by atoms with van der Waals surface area (Å²) in [6.07, 6.45) is 0.150. The smallest absolute Gasteiger partial charge is 0.317 e. The minimum absolute atomic E-state index is 0.0997. The van der Waals surface area contributed by atoms with Gasteiger partial charge in [-0.2, -0.15) is 8.78 Å². The third-order valence-corrected chi connectivity index (χ3v) is 5.56. The molecule has 10 heteroatoms. The molecule has 2 aliphatic rings. The Morgan fingerprint density at radius 3 is 2.89 bits per heavy atom. The van der Waals surface area contributed by atoms with Gasteiger partial charge in [0.25, 0.3) is 11.8 Å². The lowest BCUT2D eigenvalue weighted by molar-refractivity contribution is -0.130. The quantitative estimate of drug-likeness (QED) is 0.613. The Kier molecular flexibility index (Phi) is 4.10. The van der Waals surface area contributed by atoms with Crippen LogP contribution in [0.2, 0.25) is 0 Å². The molecule has 1 aromatic carbocycles. The van der Waals surface area contributed by atoms with Gasteiger partial charge in [0.05, 0.1) is 5.69 Å². The highest BCUT2D eigenvalue weighted by Crippen LogP contribution is 2.46. The van der Waals surface area contributed by atoms with E-state index in [0.29, 0.717) is 23.4 Å². The van der Waals surface area contributed by atoms with E-state index in [1.54, 1.807) is 0 Å². The topological polar surface area (TPSA) is 115 Å². The first-order valence-corrected chi connectivity index (χ1v) is 9.01. The zero-order valence-electron chi connectivity index (χ0n) is 14.2. The van der Waals surface area contributed by atoms with Gasteiger partial charge < -0.3 is 20.9 Å². The van der Waals surface area contributed by atoms with Crippen LogP contribution < -0.4 is 15.8 Å². The van der Waals surface area contributed by atoms with Gasteiger partial charge in [-0.05, 0) is 18.2 Å². The number of fused-ring (bicyclic) bond motifs is 3. The Balaban J connectivity index is 1.81. The molecule has 28 heavy (non-hydrogen) atoms. The van der Waals surface area contributed by atoms with E-state index in [9.17, 15) is 23.5 Å². The summed E-state index contributed by atoms with van der Waals surface area (Å²) in [7, 11) is 0. The molecule has 2 amide bonds. The zero-order chi connectivity index (χ0) is 20.1. The van der Waals surface area contributed by atoms with Crippen LogP contribution in [0.25, 0.3) is 11.3 Å². The molecule has 144 valence electrons. The summed E-state index contributed by atoms with van der Waals surface area (Å²) >= 11 is 0.522. The average molecular weight is 405 g/mol. The molecular formula is C18H13F2N3O4S. The number of aliphatic hydroxyl groups is 1. The van der Waals surface area contributed by atoms with E-state index >= 15 is 0 Å². The number of halogens is 2. The normalized spacial score (nSPS) is 22.0. The molecule has 7 nitrogen and oxygen atoms in total. The standard InChI is InChI=1S/C18H13F2N3O4S/c19-18(20)8-27-11-2-1-9(3-4-17(26)5-6-22-16(17)25)7-10(11)12-13(18)28-15(23-12)14(21)24/h1-2,7,26H,5-6,8H2,(H2,21,24)(H,22,25)/t17-/m0/s1. The molecule has 0 bridgehead atoms. The van der Waals surface area contributed by atoms with Crippen molar-refractivity contribution in [2.45, 2.75) is 17.9 Å². The highest BCUT2D eigenvalue weighted by atomic mass is 32.1. The largest absolute Gasteiger partial charge is 0.486 e. The van der Waals surface area contributed by atoms with Crippen molar-refractivity contribution in [3.63, 3.8) is 0 Å². The average Bonchev–Trinajstić information content (AvgIpc) is 3.21. The van der Waals surface area contributed by atoms with Crippen molar-refractivity contribution in [2.75, 3.05) is 13.2 Å². The molecule has 4 N–H and O–H groups in total. The summed E-state index contributed by atoms with van der Waals surface area (Å²) in [5.41, 5.74) is 3.89. The van der Waals surface area contributed by atoms with Crippen LogP contribution >= 0.6 is 11.3 Å². The number of carbonyl (C=O) groups is 2. The number of carbonyl (C=O) groups excluding carboxylic acids is 2. The predicted octanol–water partition coefficient (Wildman–Crippen LogP) is 0.996. The van der Waals surface area contributed by atoms with Crippen molar-refractivity contribution in [1.82, 2.24) is 10.3 Å². The molecule has 1 saturated heterocycles. The number of thiazole rings is 1. The molecule has 3 heterocycles. The van der Waals surface area contributed by atoms with Crippen LogP contribution in [-0.2, 0) is 10.7 Å². The van der Waals surface area contributed by atoms with Gasteiger partial charge in [0.1, 0.15) is 10.6 Å². The number of nitrogens with one attached hydrogen (secondary N) is 1. The molecule has 4 rings (SSSR count). The lowest BCUT2D eigenvalue weighted by atomic mass is 10.0. The number of benzene rings is 1. The first-order valence-electron chi connectivity index (χ1n) is 8.20. The minimum Gasteiger partial charge on any atom is -0.486 e. The lowest BCUT2D eigenvalue weighted by Crippen LogP contribution is -2.36. The fraction of sp³-hybridized carbons (Fsp3) is 0.278. The Morgan fingerprint density at radius 1 is 1.43 bits per heavy atom. The number of nitrogens with zero attached hydrogens (tertiary/aromatic N) is 1. The maximum Gasteiger partial charge on any atom is 0.317 e. The Morgan fingerprint density at radius 2 is 2.21 bits per heavy atom. The Bertz CT molecular complexity index is 1070. The second-order valence-corrected chi connectivity index (χ2v) is 7.38. The molecule has 0 spiro atoms. The van der Waals surface area contributed by atoms with E-state index in [4.69, 9.17) is 10.5 Å². The van der Waals surface area contributed by atoms with E-state index in [2.05, 4.69) is 22.1 Å². The van der Waals surface area contributed by atoms with Gasteiger partial charge >= 0.3 is 5.92 Å². The van der Waals surface area contributed by atoms with E-state index in [-0.39, 0.29) is 28.4 Å². The molecule has 1 atom stereocenters. The fourth-order valence-corrected chi connectivity index (χ4v) is 3.81. The number of primary amides is 1. The predicted molar refractivity (Wildman–Crippen MR) is 94.9 cm³/mol. The van der Waals surface area contributed by atoms with Crippen LogP contribution in [0.3, 0.4) is 0 Å². The second-order valence-electron chi connectivity index (χ2n) is 6.38. The summed E-state index contributed by atoms with van der Waals surface area (Å²) in [5.74, 6) is 0.543. The van der Waals surface area contributed by atoms with E-state index < -0.39 is 34.8 Å². The Labute approximate surface area is 161 Å². The monoisotopic (exact) mass is 405 g/mol. The van der Waals surface area contributed by atoms with Crippen molar-refractivity contribution >= 4 is 23.2 Å². The highest BCUT2D eigenvalue weighted by Gasteiger charge is 2.42. The molecule has 2 aliphatic heterocycles. The Hall–Kier alpha value is -3.03. The maximum atomic E-state index is 14.4. The number of alkyl halides is 2. The second kappa shape index (κ2) is 6.25. The van der Waals surface area contributed by atoms with E-state index in [1.165, 1.54) is 18.2 Å². The number of amides is 2. The van der Waals surface area contributed by atoms with Crippen LogP contribution in [0.1, 0.15) is 26.7 Å². The summed E-state index contributed by atoms with van der Waals surface area (Å²) < 4.78 is 34.1. The van der Waals surface area contributed by atoms with Gasteiger partial charge in [-0.1, -0.05) is 11.8 Å². The molecular weight excluding hydrogens is 392 g/mol. The number of nitrogens with two attached hydrogens (primary N) is 1. The van der Waals surface area contributed by atoms with Gasteiger partial charge in [-0.3, -0.25) is 9.59 Å². The third kappa shape index (κ3) is 2.98. The van der Waals surface area contributed by atoms with E-state index in [1.807, 2.05) is 0 Å². The van der Waals surface area contributed by atoms with Crippen molar-refractivity contribution in [2.24, 2.45) is 5.73 Å².